The summed E-state index contributed by atoms with van der Waals surface area (Å²) < 4.78 is 4.36. The second kappa shape index (κ2) is 16.6. The Kier molecular flexibility index (Phi) is 16.2. The number of rotatable bonds is 16. The van der Waals surface area contributed by atoms with Gasteiger partial charge in [0.05, 0.1) is 6.54 Å². The number of carboxylic acid groups (broad SMARTS) is 1. The molecule has 0 aliphatic heterocycles. The van der Waals surface area contributed by atoms with Crippen molar-refractivity contribution in [2.45, 2.75) is 64.2 Å². The molecule has 7 heteroatoms. The van der Waals surface area contributed by atoms with Gasteiger partial charge in [0.15, 0.2) is 0 Å². The molecule has 0 saturated heterocycles. The molecule has 20 heavy (non-hydrogen) atoms. The first-order valence-corrected chi connectivity index (χ1v) is 8.32. The summed E-state index contributed by atoms with van der Waals surface area (Å²) in [5, 5.41) is 12.2. The minimum atomic E-state index is -0.935. The van der Waals surface area contributed by atoms with Crippen LogP contribution in [0.15, 0.2) is 0 Å². The third-order valence-electron chi connectivity index (χ3n) is 3.07. The first kappa shape index (κ1) is 19.5. The van der Waals surface area contributed by atoms with E-state index in [-0.39, 0.29) is 6.42 Å². The summed E-state index contributed by atoms with van der Waals surface area (Å²) in [5.41, 5.74) is 0. The highest BCUT2D eigenvalue weighted by molar-refractivity contribution is 6.15. The van der Waals surface area contributed by atoms with E-state index in [2.05, 4.69) is 9.46 Å². The van der Waals surface area contributed by atoms with Crippen molar-refractivity contribution in [2.24, 2.45) is 0 Å². The second-order valence-electron chi connectivity index (χ2n) is 4.84. The molecule has 0 aromatic rings. The van der Waals surface area contributed by atoms with Gasteiger partial charge in [0.25, 0.3) is 0 Å². The van der Waals surface area contributed by atoms with Gasteiger partial charge in [-0.05, 0) is 25.7 Å². The predicted octanol–water partition coefficient (Wildman–Crippen LogP) is -0.367. The van der Waals surface area contributed by atoms with Crippen LogP contribution in [0.1, 0.15) is 64.2 Å². The van der Waals surface area contributed by atoms with Crippen molar-refractivity contribution < 1.29 is 29.5 Å². The topological polar surface area (TPSA) is 95.4 Å². The van der Waals surface area contributed by atoms with Gasteiger partial charge in [0.2, 0.25) is 6.73 Å². The highest BCUT2D eigenvalue weighted by Gasteiger charge is 1.95. The lowest BCUT2D eigenvalue weighted by atomic mass is 10.1. The first-order valence-electron chi connectivity index (χ1n) is 7.46. The molecule has 0 bridgehead atoms. The third-order valence-corrected chi connectivity index (χ3v) is 3.26. The molecule has 6 nitrogen and oxygen atoms in total. The number of nitrogens with two attached hydrogens (primary N) is 1. The van der Waals surface area contributed by atoms with Crippen molar-refractivity contribution in [1.29, 1.82) is 0 Å². The fraction of sp³-hybridized carbons (Fsp3) is 0.923. The molecule has 2 radical (unpaired) electrons. The van der Waals surface area contributed by atoms with Crippen LogP contribution in [0.3, 0.4) is 0 Å². The van der Waals surface area contributed by atoms with Gasteiger partial charge in [-0.3, -0.25) is 0 Å². The number of aliphatic carboxylic acids is 1. The maximum Gasteiger partial charge on any atom is 0.470 e. The van der Waals surface area contributed by atoms with Crippen LogP contribution in [0.25, 0.3) is 0 Å². The Balaban J connectivity index is 2.94. The second-order valence-corrected chi connectivity index (χ2v) is 5.19. The monoisotopic (exact) mass is 305 g/mol. The summed E-state index contributed by atoms with van der Waals surface area (Å²) in [4.78, 5) is 23.2. The first-order chi connectivity index (χ1) is 9.77. The van der Waals surface area contributed by atoms with Gasteiger partial charge in [-0.15, -0.1) is 0 Å². The van der Waals surface area contributed by atoms with Crippen LogP contribution in [-0.2, 0) is 14.3 Å². The molecule has 0 aromatic carbocycles. The number of carbonyl (C=O) groups is 1. The molecule has 0 aliphatic carbocycles. The lowest BCUT2D eigenvalue weighted by molar-refractivity contribution is -0.705. The van der Waals surface area contributed by atoms with Gasteiger partial charge in [-0.2, -0.15) is 4.89 Å². The zero-order valence-electron chi connectivity index (χ0n) is 12.1. The molecular weight excluding hydrogens is 278 g/mol. The van der Waals surface area contributed by atoms with Crippen molar-refractivity contribution in [2.75, 3.05) is 13.3 Å². The van der Waals surface area contributed by atoms with E-state index in [9.17, 15) is 9.90 Å². The number of quaternary nitrogens is 1. The van der Waals surface area contributed by atoms with Crippen molar-refractivity contribution >= 4 is 16.0 Å². The maximum absolute atomic E-state index is 10.2. The molecule has 0 fully saturated rings. The van der Waals surface area contributed by atoms with Crippen molar-refractivity contribution in [3.05, 3.63) is 0 Å². The molecule has 0 atom stereocenters. The van der Waals surface area contributed by atoms with Gasteiger partial charge < -0.3 is 20.0 Å². The molecule has 0 saturated carbocycles. The summed E-state index contributed by atoms with van der Waals surface area (Å²) in [6, 6.07) is 0. The van der Waals surface area contributed by atoms with E-state index < -0.39 is 16.0 Å². The van der Waals surface area contributed by atoms with Crippen LogP contribution in [0, 0.1) is 0 Å². The van der Waals surface area contributed by atoms with Crippen LogP contribution < -0.4 is 10.4 Å². The van der Waals surface area contributed by atoms with Crippen LogP contribution in [-0.4, -0.2) is 34.0 Å². The fourth-order valence-electron chi connectivity index (χ4n) is 1.99. The summed E-state index contributed by atoms with van der Waals surface area (Å²) in [5.74, 6) is -0.935. The quantitative estimate of drug-likeness (QED) is 0.133. The Bertz CT molecular complexity index is 219. The molecule has 3 N–H and O–H groups in total. The van der Waals surface area contributed by atoms with Gasteiger partial charge in [-0.25, -0.2) is 4.58 Å². The van der Waals surface area contributed by atoms with E-state index in [0.29, 0.717) is 6.73 Å². The van der Waals surface area contributed by atoms with Gasteiger partial charge in [0.1, 0.15) is 0 Å². The van der Waals surface area contributed by atoms with E-state index >= 15 is 0 Å². The van der Waals surface area contributed by atoms with Crippen LogP contribution in [0.2, 0.25) is 0 Å². The fourth-order valence-corrected chi connectivity index (χ4v) is 2.11. The zero-order valence-corrected chi connectivity index (χ0v) is 13.1. The van der Waals surface area contributed by atoms with Crippen LogP contribution in [0.4, 0.5) is 0 Å². The van der Waals surface area contributed by atoms with E-state index in [0.717, 1.165) is 32.2 Å². The summed E-state index contributed by atoms with van der Waals surface area (Å²) in [6.45, 7) is 1.44. The van der Waals surface area contributed by atoms with E-state index in [1.54, 1.807) is 0 Å². The van der Waals surface area contributed by atoms with Crippen LogP contribution >= 0.6 is 0 Å². The number of hydrogen-bond acceptors (Lipinski definition) is 5. The summed E-state index contributed by atoms with van der Waals surface area (Å²) in [7, 11) is -0.607. The maximum atomic E-state index is 10.2. The largest absolute Gasteiger partial charge is 0.550 e. The van der Waals surface area contributed by atoms with E-state index in [1.165, 1.54) is 32.1 Å². The summed E-state index contributed by atoms with van der Waals surface area (Å²) >= 11 is 0. The third kappa shape index (κ3) is 17.5. The molecule has 118 valence electrons. The number of hydrogen-bond donors (Lipinski definition) is 2. The molecule has 0 spiro atoms. The SMILES string of the molecule is O=C([O-])CCCCCCCCCCC[NH2+]COO[Si]O. The Labute approximate surface area is 123 Å². The molecular formula is C13H27NO5Si. The normalized spacial score (nSPS) is 10.8. The van der Waals surface area contributed by atoms with E-state index in [1.807, 2.05) is 5.32 Å². The van der Waals surface area contributed by atoms with Crippen LogP contribution in [0.5, 0.6) is 0 Å². The number of carbonyl (C=O) groups excluding carboxylic acids is 1. The Hall–Kier alpha value is -0.473. The van der Waals surface area contributed by atoms with Crippen molar-refractivity contribution in [3.8, 4) is 0 Å². The van der Waals surface area contributed by atoms with Gasteiger partial charge in [-0.1, -0.05) is 38.5 Å². The molecule has 0 aliphatic rings. The number of unbranched alkanes of at least 4 members (excludes halogenated alkanes) is 8. The lowest BCUT2D eigenvalue weighted by Crippen LogP contribution is -2.84. The molecule has 0 heterocycles. The Morgan fingerprint density at radius 2 is 1.55 bits per heavy atom. The number of carboxylic acids is 1. The summed E-state index contributed by atoms with van der Waals surface area (Å²) in [6.07, 6.45) is 10.4. The smallest absolute Gasteiger partial charge is 0.470 e. The Morgan fingerprint density at radius 3 is 2.10 bits per heavy atom. The highest BCUT2D eigenvalue weighted by Crippen LogP contribution is 2.09. The van der Waals surface area contributed by atoms with E-state index in [4.69, 9.17) is 4.80 Å². The molecule has 0 rings (SSSR count). The minimum absolute atomic E-state index is 0.198. The average molecular weight is 305 g/mol. The Morgan fingerprint density at radius 1 is 1.00 bits per heavy atom. The molecule has 0 amide bonds. The standard InChI is InChI=1S/C13H27NO5Si/c15-13(16)10-8-6-4-2-1-3-5-7-9-11-14-12-18-19-20-17/h14,17H,1-12H2,(H,15,16). The predicted molar refractivity (Wildman–Crippen MR) is 73.0 cm³/mol. The van der Waals surface area contributed by atoms with Gasteiger partial charge in [0, 0.05) is 5.97 Å². The minimum Gasteiger partial charge on any atom is -0.550 e. The van der Waals surface area contributed by atoms with Gasteiger partial charge >= 0.3 is 10.0 Å². The molecule has 0 aromatic heterocycles. The highest BCUT2D eigenvalue weighted by atomic mass is 28.2. The average Bonchev–Trinajstić information content (AvgIpc) is 2.43. The molecule has 0 unspecified atom stereocenters. The van der Waals surface area contributed by atoms with Crippen molar-refractivity contribution in [3.63, 3.8) is 0 Å². The zero-order chi connectivity index (χ0) is 14.9. The lowest BCUT2D eigenvalue weighted by Gasteiger charge is -2.03. The van der Waals surface area contributed by atoms with Crippen molar-refractivity contribution in [1.82, 2.24) is 0 Å².